The molecule has 0 unspecified atom stereocenters. The van der Waals surface area contributed by atoms with Crippen molar-refractivity contribution in [2.75, 3.05) is 14.2 Å². The number of carbonyl (C=O) groups is 1. The Morgan fingerprint density at radius 1 is 1.15 bits per heavy atom. The molecule has 0 spiro atoms. The van der Waals surface area contributed by atoms with Gasteiger partial charge >= 0.3 is 0 Å². The van der Waals surface area contributed by atoms with E-state index in [-0.39, 0.29) is 38.6 Å². The second kappa shape index (κ2) is 7.13. The number of ether oxygens (including phenoxy) is 2. The zero-order valence-corrected chi connectivity index (χ0v) is 15.5. The van der Waals surface area contributed by atoms with E-state index in [9.17, 15) is 15.0 Å². The first kappa shape index (κ1) is 17.9. The Morgan fingerprint density at radius 3 is 2.54 bits per heavy atom. The minimum Gasteiger partial charge on any atom is -0.508 e. The molecule has 0 bridgehead atoms. The molecule has 1 heterocycles. The number of phenolic OH excluding ortho intramolecular Hbond substituents is 2. The van der Waals surface area contributed by atoms with E-state index in [1.807, 2.05) is 0 Å². The molecule has 2 aromatic carbocycles. The maximum atomic E-state index is 13.0. The molecule has 0 radical (unpaired) electrons. The number of hydrogen-bond donors (Lipinski definition) is 2. The van der Waals surface area contributed by atoms with Gasteiger partial charge in [-0.15, -0.1) is 0 Å². The molecule has 6 nitrogen and oxygen atoms in total. The average molecular weight is 419 g/mol. The van der Waals surface area contributed by atoms with Gasteiger partial charge in [0.25, 0.3) is 0 Å². The largest absolute Gasteiger partial charge is 0.508 e. The molecule has 7 heteroatoms. The van der Waals surface area contributed by atoms with Gasteiger partial charge in [0.15, 0.2) is 11.3 Å². The molecule has 0 amide bonds. The van der Waals surface area contributed by atoms with Gasteiger partial charge in [-0.05, 0) is 45.8 Å². The Hall–Kier alpha value is -2.93. The molecule has 0 saturated carbocycles. The van der Waals surface area contributed by atoms with Gasteiger partial charge in [0.05, 0.1) is 30.4 Å². The number of ketones is 1. The number of phenols is 2. The highest BCUT2D eigenvalue weighted by Gasteiger charge is 2.28. The Labute approximate surface area is 157 Å². The van der Waals surface area contributed by atoms with E-state index in [2.05, 4.69) is 15.9 Å². The number of benzene rings is 2. The van der Waals surface area contributed by atoms with E-state index in [1.165, 1.54) is 38.7 Å². The fourth-order valence-electron chi connectivity index (χ4n) is 2.69. The number of allylic oxidation sites excluding steroid dienone is 1. The SMILES string of the molecule is COc1c(C(=O)C(Br)=Cc2cccc(O)c2)c(O)c(OC)c2occc12. The van der Waals surface area contributed by atoms with Crippen molar-refractivity contribution < 1.29 is 28.9 Å². The lowest BCUT2D eigenvalue weighted by Crippen LogP contribution is -2.04. The maximum Gasteiger partial charge on any atom is 0.207 e. The minimum absolute atomic E-state index is 0.0480. The smallest absolute Gasteiger partial charge is 0.207 e. The standard InChI is InChI=1S/C19H15BrO6/c1-24-17-12-6-7-26-18(12)19(25-2)16(23)14(17)15(22)13(20)9-10-4-3-5-11(21)8-10/h3-9,21,23H,1-2H3. The molecule has 3 rings (SSSR count). The third kappa shape index (κ3) is 3.01. The summed E-state index contributed by atoms with van der Waals surface area (Å²) < 4.78 is 16.1. The highest BCUT2D eigenvalue weighted by atomic mass is 79.9. The van der Waals surface area contributed by atoms with E-state index in [4.69, 9.17) is 13.9 Å². The number of methoxy groups -OCH3 is 2. The Bertz CT molecular complexity index is 1020. The number of carbonyl (C=O) groups excluding carboxylic acids is 1. The lowest BCUT2D eigenvalue weighted by Gasteiger charge is -2.14. The van der Waals surface area contributed by atoms with E-state index in [0.29, 0.717) is 10.9 Å². The molecular weight excluding hydrogens is 404 g/mol. The van der Waals surface area contributed by atoms with Gasteiger partial charge in [0, 0.05) is 0 Å². The highest BCUT2D eigenvalue weighted by Crippen LogP contribution is 2.46. The summed E-state index contributed by atoms with van der Waals surface area (Å²) >= 11 is 3.24. The zero-order valence-electron chi connectivity index (χ0n) is 13.9. The van der Waals surface area contributed by atoms with Crippen molar-refractivity contribution in [3.63, 3.8) is 0 Å². The van der Waals surface area contributed by atoms with Crippen LogP contribution >= 0.6 is 15.9 Å². The van der Waals surface area contributed by atoms with Crippen molar-refractivity contribution in [3.8, 4) is 23.0 Å². The zero-order chi connectivity index (χ0) is 18.8. The average Bonchev–Trinajstić information content (AvgIpc) is 3.09. The summed E-state index contributed by atoms with van der Waals surface area (Å²) in [6, 6.07) is 8.04. The number of halogens is 1. The third-order valence-electron chi connectivity index (χ3n) is 3.81. The number of aromatic hydroxyl groups is 2. The van der Waals surface area contributed by atoms with Crippen LogP contribution in [0.25, 0.3) is 17.0 Å². The Morgan fingerprint density at radius 2 is 1.88 bits per heavy atom. The van der Waals surface area contributed by atoms with E-state index >= 15 is 0 Å². The van der Waals surface area contributed by atoms with E-state index in [0.717, 1.165) is 0 Å². The summed E-state index contributed by atoms with van der Waals surface area (Å²) in [7, 11) is 2.77. The molecule has 26 heavy (non-hydrogen) atoms. The van der Waals surface area contributed by atoms with Crippen molar-refractivity contribution in [2.45, 2.75) is 0 Å². The molecule has 0 aliphatic heterocycles. The lowest BCUT2D eigenvalue weighted by molar-refractivity contribution is 0.103. The predicted octanol–water partition coefficient (Wildman–Crippen LogP) is 4.48. The summed E-state index contributed by atoms with van der Waals surface area (Å²) in [6.45, 7) is 0. The van der Waals surface area contributed by atoms with Gasteiger partial charge in [0.1, 0.15) is 17.1 Å². The number of fused-ring (bicyclic) bond motifs is 1. The third-order valence-corrected chi connectivity index (χ3v) is 4.40. The Balaban J connectivity index is 2.17. The van der Waals surface area contributed by atoms with Crippen molar-refractivity contribution in [2.24, 2.45) is 0 Å². The molecule has 3 aromatic rings. The van der Waals surface area contributed by atoms with Crippen LogP contribution in [0.3, 0.4) is 0 Å². The molecule has 134 valence electrons. The first-order valence-electron chi connectivity index (χ1n) is 7.53. The number of hydrogen-bond acceptors (Lipinski definition) is 6. The molecule has 2 N–H and O–H groups in total. The summed E-state index contributed by atoms with van der Waals surface area (Å²) in [5, 5.41) is 20.6. The van der Waals surface area contributed by atoms with Crippen molar-refractivity contribution in [1.82, 2.24) is 0 Å². The molecule has 0 aliphatic rings. The topological polar surface area (TPSA) is 89.1 Å². The van der Waals surface area contributed by atoms with Gasteiger partial charge in [-0.25, -0.2) is 0 Å². The van der Waals surface area contributed by atoms with Crippen molar-refractivity contribution in [1.29, 1.82) is 0 Å². The van der Waals surface area contributed by atoms with Crippen LogP contribution in [0.1, 0.15) is 15.9 Å². The van der Waals surface area contributed by atoms with Crippen molar-refractivity contribution in [3.05, 3.63) is 52.2 Å². The number of furan rings is 1. The monoisotopic (exact) mass is 418 g/mol. The lowest BCUT2D eigenvalue weighted by atomic mass is 10.0. The van der Waals surface area contributed by atoms with Crippen LogP contribution < -0.4 is 9.47 Å². The fraction of sp³-hybridized carbons (Fsp3) is 0.105. The summed E-state index contributed by atoms with van der Waals surface area (Å²) in [4.78, 5) is 13.0. The van der Waals surface area contributed by atoms with Gasteiger partial charge in [-0.3, -0.25) is 4.79 Å². The van der Waals surface area contributed by atoms with Crippen LogP contribution in [0.4, 0.5) is 0 Å². The van der Waals surface area contributed by atoms with Crippen molar-refractivity contribution >= 4 is 38.8 Å². The molecule has 0 fully saturated rings. The van der Waals surface area contributed by atoms with Crippen LogP contribution in [0.2, 0.25) is 0 Å². The minimum atomic E-state index is -0.510. The van der Waals surface area contributed by atoms with Gasteiger partial charge in [-0.1, -0.05) is 12.1 Å². The summed E-state index contributed by atoms with van der Waals surface area (Å²) in [5.74, 6) is -0.583. The number of Topliss-reactive ketones (excluding diaryl/α,β-unsaturated/α-hetero) is 1. The highest BCUT2D eigenvalue weighted by molar-refractivity contribution is 9.12. The van der Waals surface area contributed by atoms with Crippen LogP contribution in [-0.4, -0.2) is 30.2 Å². The molecular formula is C19H15BrO6. The van der Waals surface area contributed by atoms with Crippen LogP contribution in [0.5, 0.6) is 23.0 Å². The quantitative estimate of drug-likeness (QED) is 0.468. The normalized spacial score (nSPS) is 11.6. The molecule has 0 saturated heterocycles. The van der Waals surface area contributed by atoms with Gasteiger partial charge in [0.2, 0.25) is 11.5 Å². The van der Waals surface area contributed by atoms with Crippen LogP contribution in [-0.2, 0) is 0 Å². The second-order valence-corrected chi connectivity index (χ2v) is 6.22. The van der Waals surface area contributed by atoms with Gasteiger partial charge in [-0.2, -0.15) is 0 Å². The summed E-state index contributed by atoms with van der Waals surface area (Å²) in [5.41, 5.74) is 0.841. The maximum absolute atomic E-state index is 13.0. The second-order valence-electron chi connectivity index (χ2n) is 5.37. The Kier molecular flexibility index (Phi) is 4.90. The van der Waals surface area contributed by atoms with E-state index in [1.54, 1.807) is 18.2 Å². The molecule has 0 aliphatic carbocycles. The number of rotatable bonds is 5. The predicted molar refractivity (Wildman–Crippen MR) is 100 cm³/mol. The van der Waals surface area contributed by atoms with E-state index < -0.39 is 5.78 Å². The first-order valence-corrected chi connectivity index (χ1v) is 8.32. The summed E-state index contributed by atoms with van der Waals surface area (Å²) in [6.07, 6.45) is 2.95. The molecule has 1 aromatic heterocycles. The van der Waals surface area contributed by atoms with Gasteiger partial charge < -0.3 is 24.1 Å². The first-order chi connectivity index (χ1) is 12.5. The molecule has 0 atom stereocenters. The van der Waals surface area contributed by atoms with Crippen LogP contribution in [0, 0.1) is 0 Å². The van der Waals surface area contributed by atoms with Crippen LogP contribution in [0.15, 0.2) is 45.5 Å². The fourth-order valence-corrected chi connectivity index (χ4v) is 3.15.